The molecule has 25 heavy (non-hydrogen) atoms. The van der Waals surface area contributed by atoms with Crippen LogP contribution >= 0.6 is 23.4 Å². The molecule has 0 radical (unpaired) electrons. The summed E-state index contributed by atoms with van der Waals surface area (Å²) in [7, 11) is 0. The molecule has 2 aromatic rings. The first-order valence-corrected chi connectivity index (χ1v) is 10.5. The van der Waals surface area contributed by atoms with Crippen LogP contribution in [0, 0.1) is 5.41 Å². The largest absolute Gasteiger partial charge is 0.343 e. The van der Waals surface area contributed by atoms with Crippen LogP contribution in [0.3, 0.4) is 0 Å². The van der Waals surface area contributed by atoms with Crippen molar-refractivity contribution < 1.29 is 0 Å². The van der Waals surface area contributed by atoms with Crippen LogP contribution < -0.4 is 5.32 Å². The second-order valence-electron chi connectivity index (χ2n) is 7.00. The van der Waals surface area contributed by atoms with Gasteiger partial charge in [-0.25, -0.2) is 0 Å². The minimum Gasteiger partial charge on any atom is -0.343 e. The summed E-state index contributed by atoms with van der Waals surface area (Å²) in [5.41, 5.74) is 3.97. The molecule has 0 aliphatic carbocycles. The number of thioether (sulfide) groups is 1. The van der Waals surface area contributed by atoms with Gasteiger partial charge in [0.15, 0.2) is 0 Å². The minimum absolute atomic E-state index is 0.163. The molecule has 1 N–H and O–H groups in total. The van der Waals surface area contributed by atoms with Gasteiger partial charge < -0.3 is 5.32 Å². The fourth-order valence-corrected chi connectivity index (χ4v) is 5.24. The number of para-hydroxylation sites is 1. The predicted octanol–water partition coefficient (Wildman–Crippen LogP) is 5.81. The molecule has 2 nitrogen and oxygen atoms in total. The standard InChI is InChI=1S/C21H23ClN2S/c22-18-7-3-5-16(13-18)15-23-20-21(9-4-11-25-12-10-21)14-17-6-1-2-8-19(17)24-20/h1-3,5-8,13H,4,9-12,14-15H2,(H,23,24). The van der Waals surface area contributed by atoms with E-state index in [0.29, 0.717) is 6.54 Å². The maximum Gasteiger partial charge on any atom is 0.108 e. The Morgan fingerprint density at radius 3 is 2.92 bits per heavy atom. The SMILES string of the molecule is Clc1cccc(CN=C2Nc3ccccc3CC23CCCSCC3)c1. The van der Waals surface area contributed by atoms with Gasteiger partial charge in [0.1, 0.15) is 5.84 Å². The van der Waals surface area contributed by atoms with Crippen molar-refractivity contribution >= 4 is 34.9 Å². The van der Waals surface area contributed by atoms with Crippen LogP contribution in [-0.4, -0.2) is 17.3 Å². The van der Waals surface area contributed by atoms with E-state index in [2.05, 4.69) is 47.4 Å². The van der Waals surface area contributed by atoms with Gasteiger partial charge in [-0.1, -0.05) is 41.9 Å². The first-order valence-electron chi connectivity index (χ1n) is 8.97. The van der Waals surface area contributed by atoms with Crippen molar-refractivity contribution in [3.63, 3.8) is 0 Å². The first-order chi connectivity index (χ1) is 12.3. The van der Waals surface area contributed by atoms with Crippen molar-refractivity contribution in [2.24, 2.45) is 10.4 Å². The van der Waals surface area contributed by atoms with E-state index in [0.717, 1.165) is 11.4 Å². The number of nitrogens with zero attached hydrogens (tertiary/aromatic N) is 1. The van der Waals surface area contributed by atoms with Crippen LogP contribution in [0.25, 0.3) is 0 Å². The molecule has 0 bridgehead atoms. The number of anilines is 1. The average molecular weight is 371 g/mol. The maximum absolute atomic E-state index is 6.13. The molecule has 0 saturated carbocycles. The molecule has 2 aromatic carbocycles. The van der Waals surface area contributed by atoms with E-state index in [1.165, 1.54) is 53.4 Å². The lowest BCUT2D eigenvalue weighted by Gasteiger charge is -2.39. The van der Waals surface area contributed by atoms with Crippen molar-refractivity contribution in [1.29, 1.82) is 0 Å². The Balaban J connectivity index is 1.67. The van der Waals surface area contributed by atoms with E-state index in [4.69, 9.17) is 16.6 Å². The molecule has 1 atom stereocenters. The van der Waals surface area contributed by atoms with Crippen molar-refractivity contribution in [2.75, 3.05) is 16.8 Å². The Kier molecular flexibility index (Phi) is 5.05. The van der Waals surface area contributed by atoms with E-state index >= 15 is 0 Å². The molecule has 1 spiro atoms. The minimum atomic E-state index is 0.163. The summed E-state index contributed by atoms with van der Waals surface area (Å²) < 4.78 is 0. The molecule has 4 heteroatoms. The van der Waals surface area contributed by atoms with Crippen LogP contribution in [0.1, 0.15) is 30.4 Å². The summed E-state index contributed by atoms with van der Waals surface area (Å²) in [5.74, 6) is 3.67. The number of hydrogen-bond donors (Lipinski definition) is 1. The normalized spacial score (nSPS) is 24.6. The fraction of sp³-hybridized carbons (Fsp3) is 0.381. The number of fused-ring (bicyclic) bond motifs is 1. The van der Waals surface area contributed by atoms with Gasteiger partial charge in [-0.05, 0) is 66.5 Å². The molecule has 1 saturated heterocycles. The van der Waals surface area contributed by atoms with Crippen molar-refractivity contribution in [3.8, 4) is 0 Å². The number of nitrogens with one attached hydrogen (secondary N) is 1. The average Bonchev–Trinajstić information content (AvgIpc) is 2.86. The fourth-order valence-electron chi connectivity index (χ4n) is 3.94. The summed E-state index contributed by atoms with van der Waals surface area (Å²) in [6.45, 7) is 0.681. The highest BCUT2D eigenvalue weighted by Gasteiger charge is 2.40. The summed E-state index contributed by atoms with van der Waals surface area (Å²) in [6, 6.07) is 16.7. The molecular formula is C21H23ClN2S. The third kappa shape index (κ3) is 3.73. The Morgan fingerprint density at radius 1 is 1.08 bits per heavy atom. The van der Waals surface area contributed by atoms with E-state index in [1.807, 2.05) is 18.2 Å². The lowest BCUT2D eigenvalue weighted by molar-refractivity contribution is 0.367. The second-order valence-corrected chi connectivity index (χ2v) is 8.66. The molecule has 1 unspecified atom stereocenters. The van der Waals surface area contributed by atoms with Gasteiger partial charge in [0.25, 0.3) is 0 Å². The lowest BCUT2D eigenvalue weighted by Crippen LogP contribution is -2.42. The second kappa shape index (κ2) is 7.43. The van der Waals surface area contributed by atoms with E-state index in [1.54, 1.807) is 0 Å². The first kappa shape index (κ1) is 17.0. The highest BCUT2D eigenvalue weighted by molar-refractivity contribution is 7.99. The molecule has 2 aliphatic rings. The quantitative estimate of drug-likeness (QED) is 0.721. The summed E-state index contributed by atoms with van der Waals surface area (Å²) in [6.07, 6.45) is 4.79. The van der Waals surface area contributed by atoms with Crippen LogP contribution in [0.2, 0.25) is 5.02 Å². The number of amidine groups is 1. The summed E-state index contributed by atoms with van der Waals surface area (Å²) >= 11 is 8.21. The highest BCUT2D eigenvalue weighted by atomic mass is 35.5. The van der Waals surface area contributed by atoms with E-state index < -0.39 is 0 Å². The van der Waals surface area contributed by atoms with Crippen molar-refractivity contribution in [3.05, 3.63) is 64.7 Å². The molecule has 0 aromatic heterocycles. The maximum atomic E-state index is 6.13. The van der Waals surface area contributed by atoms with E-state index in [-0.39, 0.29) is 5.41 Å². The predicted molar refractivity (Wildman–Crippen MR) is 110 cm³/mol. The van der Waals surface area contributed by atoms with E-state index in [9.17, 15) is 0 Å². The molecule has 2 aliphatic heterocycles. The van der Waals surface area contributed by atoms with Crippen molar-refractivity contribution in [2.45, 2.75) is 32.2 Å². The molecule has 0 amide bonds. The smallest absolute Gasteiger partial charge is 0.108 e. The topological polar surface area (TPSA) is 24.4 Å². The van der Waals surface area contributed by atoms with Gasteiger partial charge in [0.05, 0.1) is 6.54 Å². The number of halogens is 1. The zero-order chi connectivity index (χ0) is 17.1. The third-order valence-electron chi connectivity index (χ3n) is 5.28. The van der Waals surface area contributed by atoms with Gasteiger partial charge in [0.2, 0.25) is 0 Å². The molecule has 4 rings (SSSR count). The zero-order valence-electron chi connectivity index (χ0n) is 14.3. The zero-order valence-corrected chi connectivity index (χ0v) is 15.9. The molecule has 130 valence electrons. The van der Waals surface area contributed by atoms with Crippen LogP contribution in [-0.2, 0) is 13.0 Å². The number of aliphatic imine (C=N–C) groups is 1. The number of rotatable bonds is 2. The molecule has 2 heterocycles. The van der Waals surface area contributed by atoms with Crippen LogP contribution in [0.4, 0.5) is 5.69 Å². The Hall–Kier alpha value is -1.45. The highest BCUT2D eigenvalue weighted by Crippen LogP contribution is 2.43. The Bertz CT molecular complexity index is 779. The van der Waals surface area contributed by atoms with Gasteiger partial charge in [-0.2, -0.15) is 11.8 Å². The van der Waals surface area contributed by atoms with Gasteiger partial charge in [-0.3, -0.25) is 4.99 Å². The third-order valence-corrected chi connectivity index (χ3v) is 6.58. The summed E-state index contributed by atoms with van der Waals surface area (Å²) in [5, 5.41) is 4.46. The monoisotopic (exact) mass is 370 g/mol. The number of hydrogen-bond acceptors (Lipinski definition) is 2. The number of benzene rings is 2. The summed E-state index contributed by atoms with van der Waals surface area (Å²) in [4.78, 5) is 5.05. The van der Waals surface area contributed by atoms with Gasteiger partial charge >= 0.3 is 0 Å². The Labute approximate surface area is 159 Å². The molecule has 1 fully saturated rings. The van der Waals surface area contributed by atoms with Gasteiger partial charge in [0, 0.05) is 16.1 Å². The van der Waals surface area contributed by atoms with Gasteiger partial charge in [-0.15, -0.1) is 0 Å². The van der Waals surface area contributed by atoms with Crippen LogP contribution in [0.15, 0.2) is 53.5 Å². The van der Waals surface area contributed by atoms with Crippen molar-refractivity contribution in [1.82, 2.24) is 0 Å². The molecular weight excluding hydrogens is 348 g/mol. The lowest BCUT2D eigenvalue weighted by atomic mass is 9.72. The van der Waals surface area contributed by atoms with Crippen LogP contribution in [0.5, 0.6) is 0 Å². The Morgan fingerprint density at radius 2 is 2.00 bits per heavy atom.